The van der Waals surface area contributed by atoms with E-state index in [0.717, 1.165) is 10.6 Å². The molecule has 2 aromatic rings. The van der Waals surface area contributed by atoms with Crippen LogP contribution in [-0.4, -0.2) is 5.91 Å². The Kier molecular flexibility index (Phi) is 4.96. The Morgan fingerprint density at radius 1 is 1.29 bits per heavy atom. The van der Waals surface area contributed by atoms with E-state index in [1.165, 1.54) is 30.8 Å². The lowest BCUT2D eigenvalue weighted by Crippen LogP contribution is -2.05. The summed E-state index contributed by atoms with van der Waals surface area (Å²) in [6, 6.07) is 13.7. The zero-order valence-electron chi connectivity index (χ0n) is 11.4. The summed E-state index contributed by atoms with van der Waals surface area (Å²) in [6.45, 7) is 1.45. The van der Waals surface area contributed by atoms with Crippen molar-refractivity contribution in [2.24, 2.45) is 0 Å². The zero-order chi connectivity index (χ0) is 15.2. The van der Waals surface area contributed by atoms with Crippen LogP contribution in [0.15, 0.2) is 47.4 Å². The first-order valence-corrected chi connectivity index (χ1v) is 7.26. The number of nitrogens with one attached hydrogen (secondary N) is 1. The molecule has 0 aliphatic carbocycles. The predicted molar refractivity (Wildman–Crippen MR) is 81.4 cm³/mol. The Labute approximate surface area is 126 Å². The number of nitriles is 1. The fourth-order valence-electron chi connectivity index (χ4n) is 1.75. The molecule has 0 heterocycles. The third-order valence-electron chi connectivity index (χ3n) is 2.74. The van der Waals surface area contributed by atoms with Gasteiger partial charge < -0.3 is 5.32 Å². The lowest BCUT2D eigenvalue weighted by molar-refractivity contribution is -0.114. The van der Waals surface area contributed by atoms with Crippen LogP contribution >= 0.6 is 11.8 Å². The summed E-state index contributed by atoms with van der Waals surface area (Å²) in [5.74, 6) is 0.0167. The van der Waals surface area contributed by atoms with Crippen molar-refractivity contribution in [2.75, 3.05) is 5.32 Å². The second-order valence-corrected chi connectivity index (χ2v) is 5.46. The molecule has 21 heavy (non-hydrogen) atoms. The summed E-state index contributed by atoms with van der Waals surface area (Å²) in [4.78, 5) is 11.9. The largest absolute Gasteiger partial charge is 0.326 e. The van der Waals surface area contributed by atoms with Gasteiger partial charge in [-0.15, -0.1) is 11.8 Å². The van der Waals surface area contributed by atoms with Gasteiger partial charge in [-0.25, -0.2) is 4.39 Å². The molecule has 0 spiro atoms. The SMILES string of the molecule is CC(=O)Nc1ccc(SCc2cc(C#N)ccc2F)cc1. The summed E-state index contributed by atoms with van der Waals surface area (Å²) in [5.41, 5.74) is 1.68. The van der Waals surface area contributed by atoms with Crippen LogP contribution in [0.2, 0.25) is 0 Å². The van der Waals surface area contributed by atoms with E-state index >= 15 is 0 Å². The molecule has 2 rings (SSSR count). The Hall–Kier alpha value is -2.32. The first kappa shape index (κ1) is 15.1. The predicted octanol–water partition coefficient (Wildman–Crippen LogP) is 3.95. The van der Waals surface area contributed by atoms with Crippen LogP contribution in [-0.2, 0) is 10.5 Å². The standard InChI is InChI=1S/C16H13FN2OS/c1-11(20)19-14-3-5-15(6-4-14)21-10-13-8-12(9-18)2-7-16(13)17/h2-8H,10H2,1H3,(H,19,20). The van der Waals surface area contributed by atoms with E-state index < -0.39 is 0 Å². The van der Waals surface area contributed by atoms with E-state index in [0.29, 0.717) is 16.9 Å². The fraction of sp³-hybridized carbons (Fsp3) is 0.125. The van der Waals surface area contributed by atoms with Gasteiger partial charge in [0.25, 0.3) is 0 Å². The Bertz CT molecular complexity index is 692. The van der Waals surface area contributed by atoms with E-state index in [4.69, 9.17) is 5.26 Å². The van der Waals surface area contributed by atoms with E-state index in [1.54, 1.807) is 18.2 Å². The molecule has 1 amide bonds. The number of nitrogens with zero attached hydrogens (tertiary/aromatic N) is 1. The summed E-state index contributed by atoms with van der Waals surface area (Å²) < 4.78 is 13.6. The van der Waals surface area contributed by atoms with Crippen molar-refractivity contribution in [3.05, 3.63) is 59.4 Å². The molecule has 5 heteroatoms. The van der Waals surface area contributed by atoms with Crippen LogP contribution in [0.1, 0.15) is 18.1 Å². The number of carbonyl (C=O) groups excluding carboxylic acids is 1. The van der Waals surface area contributed by atoms with E-state index in [1.807, 2.05) is 18.2 Å². The smallest absolute Gasteiger partial charge is 0.221 e. The van der Waals surface area contributed by atoms with Gasteiger partial charge in [0.15, 0.2) is 0 Å². The monoisotopic (exact) mass is 300 g/mol. The van der Waals surface area contributed by atoms with E-state index in [-0.39, 0.29) is 11.7 Å². The molecule has 106 valence electrons. The number of anilines is 1. The summed E-state index contributed by atoms with van der Waals surface area (Å²) in [7, 11) is 0. The van der Waals surface area contributed by atoms with Crippen LogP contribution in [0.4, 0.5) is 10.1 Å². The van der Waals surface area contributed by atoms with Crippen molar-refractivity contribution in [3.63, 3.8) is 0 Å². The minimum atomic E-state index is -0.309. The maximum absolute atomic E-state index is 13.6. The van der Waals surface area contributed by atoms with E-state index in [2.05, 4.69) is 5.32 Å². The zero-order valence-corrected chi connectivity index (χ0v) is 12.2. The molecule has 0 unspecified atom stereocenters. The number of halogens is 1. The minimum Gasteiger partial charge on any atom is -0.326 e. The fourth-order valence-corrected chi connectivity index (χ4v) is 2.63. The Morgan fingerprint density at radius 3 is 2.62 bits per heavy atom. The lowest BCUT2D eigenvalue weighted by Gasteiger charge is -2.06. The first-order valence-electron chi connectivity index (χ1n) is 6.27. The third-order valence-corrected chi connectivity index (χ3v) is 3.80. The highest BCUT2D eigenvalue weighted by molar-refractivity contribution is 7.98. The van der Waals surface area contributed by atoms with Crippen LogP contribution in [0.5, 0.6) is 0 Å². The highest BCUT2D eigenvalue weighted by atomic mass is 32.2. The van der Waals surface area contributed by atoms with Crippen molar-refractivity contribution in [1.82, 2.24) is 0 Å². The van der Waals surface area contributed by atoms with Crippen LogP contribution in [0, 0.1) is 17.1 Å². The minimum absolute atomic E-state index is 0.120. The Morgan fingerprint density at radius 2 is 2.00 bits per heavy atom. The van der Waals surface area contributed by atoms with Crippen molar-refractivity contribution in [3.8, 4) is 6.07 Å². The van der Waals surface area contributed by atoms with Gasteiger partial charge in [0.1, 0.15) is 5.82 Å². The molecule has 0 aliphatic heterocycles. The molecule has 0 aromatic heterocycles. The van der Waals surface area contributed by atoms with E-state index in [9.17, 15) is 9.18 Å². The van der Waals surface area contributed by atoms with Gasteiger partial charge in [-0.3, -0.25) is 4.79 Å². The molecule has 0 fully saturated rings. The van der Waals surface area contributed by atoms with Crippen molar-refractivity contribution >= 4 is 23.4 Å². The summed E-state index contributed by atoms with van der Waals surface area (Å²) in [5, 5.41) is 11.5. The first-order chi connectivity index (χ1) is 10.1. The second kappa shape index (κ2) is 6.91. The van der Waals surface area contributed by atoms with Crippen LogP contribution in [0.25, 0.3) is 0 Å². The third kappa shape index (κ3) is 4.33. The average molecular weight is 300 g/mol. The van der Waals surface area contributed by atoms with Gasteiger partial charge >= 0.3 is 0 Å². The maximum atomic E-state index is 13.6. The number of thioether (sulfide) groups is 1. The van der Waals surface area contributed by atoms with Gasteiger partial charge in [0.2, 0.25) is 5.91 Å². The van der Waals surface area contributed by atoms with Crippen LogP contribution in [0.3, 0.4) is 0 Å². The molecule has 2 aromatic carbocycles. The van der Waals surface area contributed by atoms with Crippen LogP contribution < -0.4 is 5.32 Å². The molecule has 0 atom stereocenters. The Balaban J connectivity index is 2.03. The normalized spacial score (nSPS) is 9.95. The van der Waals surface area contributed by atoms with Gasteiger partial charge in [0.05, 0.1) is 11.6 Å². The quantitative estimate of drug-likeness (QED) is 0.870. The lowest BCUT2D eigenvalue weighted by atomic mass is 10.1. The number of benzene rings is 2. The summed E-state index contributed by atoms with van der Waals surface area (Å²) in [6.07, 6.45) is 0. The molecular formula is C16H13FN2OS. The molecule has 0 bridgehead atoms. The molecule has 0 aliphatic rings. The number of hydrogen-bond acceptors (Lipinski definition) is 3. The number of carbonyl (C=O) groups is 1. The summed E-state index contributed by atoms with van der Waals surface area (Å²) >= 11 is 1.47. The molecule has 0 saturated heterocycles. The average Bonchev–Trinajstić information content (AvgIpc) is 2.47. The second-order valence-electron chi connectivity index (χ2n) is 4.41. The molecule has 3 nitrogen and oxygen atoms in total. The van der Waals surface area contributed by atoms with Gasteiger partial charge in [-0.1, -0.05) is 0 Å². The van der Waals surface area contributed by atoms with Crippen molar-refractivity contribution < 1.29 is 9.18 Å². The highest BCUT2D eigenvalue weighted by Gasteiger charge is 2.05. The van der Waals surface area contributed by atoms with Crippen molar-refractivity contribution in [1.29, 1.82) is 5.26 Å². The highest BCUT2D eigenvalue weighted by Crippen LogP contribution is 2.25. The molecule has 0 saturated carbocycles. The maximum Gasteiger partial charge on any atom is 0.221 e. The number of rotatable bonds is 4. The van der Waals surface area contributed by atoms with Crippen molar-refractivity contribution in [2.45, 2.75) is 17.6 Å². The molecule has 1 N–H and O–H groups in total. The molecular weight excluding hydrogens is 287 g/mol. The molecule has 0 radical (unpaired) electrons. The number of amides is 1. The topological polar surface area (TPSA) is 52.9 Å². The number of hydrogen-bond donors (Lipinski definition) is 1. The van der Waals surface area contributed by atoms with Gasteiger partial charge in [-0.2, -0.15) is 5.26 Å². The van der Waals surface area contributed by atoms with Gasteiger partial charge in [0, 0.05) is 23.3 Å². The van der Waals surface area contributed by atoms with Gasteiger partial charge in [-0.05, 0) is 48.0 Å².